The van der Waals surface area contributed by atoms with Gasteiger partial charge in [-0.25, -0.2) is 4.79 Å². The monoisotopic (exact) mass is 435 g/mol. The maximum absolute atomic E-state index is 13.3. The van der Waals surface area contributed by atoms with Gasteiger partial charge in [0.05, 0.1) is 0 Å². The van der Waals surface area contributed by atoms with Crippen molar-refractivity contribution in [3.05, 3.63) is 71.8 Å². The Bertz CT molecular complexity index is 923. The fraction of sp³-hybridized carbons (Fsp3) is 0.400. The van der Waals surface area contributed by atoms with Crippen LogP contribution in [0.3, 0.4) is 0 Å². The van der Waals surface area contributed by atoms with Gasteiger partial charge in [0, 0.05) is 38.5 Å². The molecule has 1 saturated carbocycles. The van der Waals surface area contributed by atoms with E-state index in [9.17, 15) is 14.4 Å². The molecular weight excluding hydrogens is 406 g/mol. The standard InChI is InChI=1S/C25H29N3O4/c29-23(21-11-12-21)27-13-15-28(16-14-27)24(30)22(17-19-7-3-1-4-8-19)26-25(31)32-18-20-9-5-2-6-10-20/h1-10,21-22H,11-18H2,(H,26,31)/t22-/m1/s1. The van der Waals surface area contributed by atoms with Crippen LogP contribution in [-0.4, -0.2) is 59.9 Å². The van der Waals surface area contributed by atoms with E-state index in [0.29, 0.717) is 32.6 Å². The zero-order chi connectivity index (χ0) is 22.3. The highest BCUT2D eigenvalue weighted by Gasteiger charge is 2.36. The number of hydrogen-bond donors (Lipinski definition) is 1. The first kappa shape index (κ1) is 21.9. The number of hydrogen-bond acceptors (Lipinski definition) is 4. The maximum atomic E-state index is 13.3. The summed E-state index contributed by atoms with van der Waals surface area (Å²) < 4.78 is 5.34. The summed E-state index contributed by atoms with van der Waals surface area (Å²) in [6.45, 7) is 2.17. The maximum Gasteiger partial charge on any atom is 0.408 e. The lowest BCUT2D eigenvalue weighted by Crippen LogP contribution is -2.56. The number of carbonyl (C=O) groups is 3. The van der Waals surface area contributed by atoms with Crippen molar-refractivity contribution in [2.24, 2.45) is 5.92 Å². The summed E-state index contributed by atoms with van der Waals surface area (Å²) in [5, 5.41) is 2.76. The highest BCUT2D eigenvalue weighted by atomic mass is 16.5. The van der Waals surface area contributed by atoms with Gasteiger partial charge in [0.2, 0.25) is 11.8 Å². The average Bonchev–Trinajstić information content (AvgIpc) is 3.68. The Morgan fingerprint density at radius 3 is 2.00 bits per heavy atom. The third kappa shape index (κ3) is 5.87. The zero-order valence-electron chi connectivity index (χ0n) is 18.1. The molecule has 168 valence electrons. The Labute approximate surface area is 188 Å². The van der Waals surface area contributed by atoms with E-state index in [1.54, 1.807) is 4.90 Å². The molecule has 0 radical (unpaired) electrons. The molecule has 1 saturated heterocycles. The molecule has 1 heterocycles. The van der Waals surface area contributed by atoms with Gasteiger partial charge in [-0.1, -0.05) is 60.7 Å². The topological polar surface area (TPSA) is 79.0 Å². The van der Waals surface area contributed by atoms with E-state index in [1.807, 2.05) is 65.6 Å². The molecule has 0 unspecified atom stereocenters. The summed E-state index contributed by atoms with van der Waals surface area (Å²) in [7, 11) is 0. The molecule has 1 atom stereocenters. The van der Waals surface area contributed by atoms with Crippen molar-refractivity contribution in [1.29, 1.82) is 0 Å². The number of carbonyl (C=O) groups excluding carboxylic acids is 3. The van der Waals surface area contributed by atoms with Gasteiger partial charge in [-0.15, -0.1) is 0 Å². The van der Waals surface area contributed by atoms with E-state index >= 15 is 0 Å². The lowest BCUT2D eigenvalue weighted by Gasteiger charge is -2.36. The van der Waals surface area contributed by atoms with Crippen LogP contribution in [0.15, 0.2) is 60.7 Å². The number of nitrogens with one attached hydrogen (secondary N) is 1. The summed E-state index contributed by atoms with van der Waals surface area (Å²) in [4.78, 5) is 41.6. The molecule has 3 amide bonds. The van der Waals surface area contributed by atoms with Gasteiger partial charge in [-0.2, -0.15) is 0 Å². The number of rotatable bonds is 7. The van der Waals surface area contributed by atoms with Gasteiger partial charge in [-0.3, -0.25) is 9.59 Å². The first-order valence-corrected chi connectivity index (χ1v) is 11.2. The van der Waals surface area contributed by atoms with Crippen molar-refractivity contribution in [3.8, 4) is 0 Å². The Kier molecular flexibility index (Phi) is 7.04. The Morgan fingerprint density at radius 1 is 0.844 bits per heavy atom. The molecule has 0 aromatic heterocycles. The Hall–Kier alpha value is -3.35. The van der Waals surface area contributed by atoms with Gasteiger partial charge in [-0.05, 0) is 24.0 Å². The minimum absolute atomic E-state index is 0.140. The van der Waals surface area contributed by atoms with Gasteiger partial charge in [0.1, 0.15) is 12.6 Å². The quantitative estimate of drug-likeness (QED) is 0.725. The minimum Gasteiger partial charge on any atom is -0.445 e. The second-order valence-corrected chi connectivity index (χ2v) is 8.37. The van der Waals surface area contributed by atoms with Crippen LogP contribution < -0.4 is 5.32 Å². The van der Waals surface area contributed by atoms with Crippen LogP contribution in [0.5, 0.6) is 0 Å². The van der Waals surface area contributed by atoms with Crippen molar-refractivity contribution in [2.75, 3.05) is 26.2 Å². The van der Waals surface area contributed by atoms with E-state index in [4.69, 9.17) is 4.74 Å². The molecule has 2 aromatic rings. The van der Waals surface area contributed by atoms with Crippen molar-refractivity contribution in [3.63, 3.8) is 0 Å². The second-order valence-electron chi connectivity index (χ2n) is 8.37. The lowest BCUT2D eigenvalue weighted by molar-refractivity contribution is -0.141. The predicted molar refractivity (Wildman–Crippen MR) is 120 cm³/mol. The third-order valence-electron chi connectivity index (χ3n) is 5.92. The number of amides is 3. The molecule has 2 fully saturated rings. The van der Waals surface area contributed by atoms with Crippen molar-refractivity contribution in [2.45, 2.75) is 31.9 Å². The van der Waals surface area contributed by atoms with Crippen LogP contribution in [0.2, 0.25) is 0 Å². The predicted octanol–water partition coefficient (Wildman–Crippen LogP) is 2.60. The fourth-order valence-corrected chi connectivity index (χ4v) is 3.91. The molecule has 0 bridgehead atoms. The minimum atomic E-state index is -0.730. The summed E-state index contributed by atoms with van der Waals surface area (Å²) in [5.74, 6) is 0.244. The van der Waals surface area contributed by atoms with Crippen molar-refractivity contribution >= 4 is 17.9 Å². The molecular formula is C25H29N3O4. The first-order chi connectivity index (χ1) is 15.6. The molecule has 1 aliphatic heterocycles. The molecule has 7 nitrogen and oxygen atoms in total. The smallest absolute Gasteiger partial charge is 0.408 e. The van der Waals surface area contributed by atoms with Crippen LogP contribution in [0.25, 0.3) is 0 Å². The van der Waals surface area contributed by atoms with E-state index in [2.05, 4.69) is 5.32 Å². The van der Waals surface area contributed by atoms with Crippen LogP contribution in [0.4, 0.5) is 4.79 Å². The fourth-order valence-electron chi connectivity index (χ4n) is 3.91. The molecule has 0 spiro atoms. The average molecular weight is 436 g/mol. The lowest BCUT2D eigenvalue weighted by atomic mass is 10.0. The molecule has 1 aliphatic carbocycles. The highest BCUT2D eigenvalue weighted by molar-refractivity contribution is 5.86. The normalized spacial score (nSPS) is 16.9. The third-order valence-corrected chi connectivity index (χ3v) is 5.92. The van der Waals surface area contributed by atoms with E-state index in [0.717, 1.165) is 24.0 Å². The van der Waals surface area contributed by atoms with Crippen molar-refractivity contribution in [1.82, 2.24) is 15.1 Å². The molecule has 2 aliphatic rings. The molecule has 7 heteroatoms. The van der Waals surface area contributed by atoms with Crippen LogP contribution >= 0.6 is 0 Å². The Balaban J connectivity index is 1.36. The number of benzene rings is 2. The zero-order valence-corrected chi connectivity index (χ0v) is 18.1. The van der Waals surface area contributed by atoms with Gasteiger partial charge < -0.3 is 19.9 Å². The van der Waals surface area contributed by atoms with Crippen LogP contribution in [0, 0.1) is 5.92 Å². The largest absolute Gasteiger partial charge is 0.445 e. The van der Waals surface area contributed by atoms with E-state index in [1.165, 1.54) is 0 Å². The van der Waals surface area contributed by atoms with Crippen LogP contribution in [0.1, 0.15) is 24.0 Å². The highest BCUT2D eigenvalue weighted by Crippen LogP contribution is 2.31. The van der Waals surface area contributed by atoms with Gasteiger partial charge in [0.25, 0.3) is 0 Å². The molecule has 2 aromatic carbocycles. The number of nitrogens with zero attached hydrogens (tertiary/aromatic N) is 2. The molecule has 1 N–H and O–H groups in total. The summed E-state index contributed by atoms with van der Waals surface area (Å²) in [5.41, 5.74) is 1.83. The van der Waals surface area contributed by atoms with E-state index in [-0.39, 0.29) is 24.3 Å². The summed E-state index contributed by atoms with van der Waals surface area (Å²) >= 11 is 0. The number of piperazine rings is 1. The Morgan fingerprint density at radius 2 is 1.41 bits per heavy atom. The van der Waals surface area contributed by atoms with Gasteiger partial charge in [0.15, 0.2) is 0 Å². The first-order valence-electron chi connectivity index (χ1n) is 11.2. The molecule has 32 heavy (non-hydrogen) atoms. The SMILES string of the molecule is O=C(N[C@H](Cc1ccccc1)C(=O)N1CCN(C(=O)C2CC2)CC1)OCc1ccccc1. The number of ether oxygens (including phenoxy) is 1. The van der Waals surface area contributed by atoms with Crippen LogP contribution in [-0.2, 0) is 27.4 Å². The van der Waals surface area contributed by atoms with Gasteiger partial charge >= 0.3 is 6.09 Å². The number of alkyl carbamates (subject to hydrolysis) is 1. The van der Waals surface area contributed by atoms with E-state index < -0.39 is 12.1 Å². The van der Waals surface area contributed by atoms with Crippen molar-refractivity contribution < 1.29 is 19.1 Å². The summed E-state index contributed by atoms with van der Waals surface area (Å²) in [6, 6.07) is 18.3. The second kappa shape index (κ2) is 10.3. The summed E-state index contributed by atoms with van der Waals surface area (Å²) in [6.07, 6.45) is 1.71. The molecule has 4 rings (SSSR count).